The molecule has 18 heavy (non-hydrogen) atoms. The van der Waals surface area contributed by atoms with Gasteiger partial charge in [-0.05, 0) is 25.2 Å². The van der Waals surface area contributed by atoms with Crippen molar-refractivity contribution in [3.63, 3.8) is 0 Å². The van der Waals surface area contributed by atoms with Gasteiger partial charge in [0.25, 0.3) is 6.43 Å². The predicted molar refractivity (Wildman–Crippen MR) is 64.3 cm³/mol. The van der Waals surface area contributed by atoms with Gasteiger partial charge in [0, 0.05) is 25.7 Å². The Kier molecular flexibility index (Phi) is 7.09. The molecule has 0 aromatic carbocycles. The van der Waals surface area contributed by atoms with Crippen molar-refractivity contribution in [1.82, 2.24) is 10.2 Å². The molecule has 104 valence electrons. The molecule has 2 N–H and O–H groups in total. The number of halogens is 2. The lowest BCUT2D eigenvalue weighted by molar-refractivity contribution is 0.110. The lowest BCUT2D eigenvalue weighted by Crippen LogP contribution is -2.50. The van der Waals surface area contributed by atoms with Crippen LogP contribution in [0.4, 0.5) is 8.78 Å². The second-order valence-electron chi connectivity index (χ2n) is 4.82. The molecule has 0 radical (unpaired) electrons. The van der Waals surface area contributed by atoms with Gasteiger partial charge in [0.05, 0.1) is 19.2 Å². The minimum absolute atomic E-state index is 0.0183. The molecule has 1 aliphatic rings. The van der Waals surface area contributed by atoms with Gasteiger partial charge >= 0.3 is 0 Å². The van der Waals surface area contributed by atoms with E-state index in [-0.39, 0.29) is 19.2 Å². The maximum absolute atomic E-state index is 12.2. The van der Waals surface area contributed by atoms with Crippen LogP contribution in [-0.4, -0.2) is 55.3 Å². The predicted octanol–water partition coefficient (Wildman–Crippen LogP) is 0.828. The molecule has 1 rings (SSSR count). The number of aliphatic hydroxyl groups is 1. The van der Waals surface area contributed by atoms with Gasteiger partial charge in [-0.25, -0.2) is 8.78 Å². The van der Waals surface area contributed by atoms with E-state index in [0.29, 0.717) is 19.0 Å². The van der Waals surface area contributed by atoms with E-state index >= 15 is 0 Å². The van der Waals surface area contributed by atoms with Gasteiger partial charge in [0.2, 0.25) is 0 Å². The summed E-state index contributed by atoms with van der Waals surface area (Å²) in [5.74, 6) is 0.370. The van der Waals surface area contributed by atoms with E-state index < -0.39 is 6.43 Å². The Morgan fingerprint density at radius 3 is 2.83 bits per heavy atom. The van der Waals surface area contributed by atoms with Crippen LogP contribution in [-0.2, 0) is 0 Å². The molecule has 1 aliphatic heterocycles. The van der Waals surface area contributed by atoms with E-state index in [4.69, 9.17) is 10.4 Å². The van der Waals surface area contributed by atoms with Gasteiger partial charge in [0.1, 0.15) is 0 Å². The monoisotopic (exact) mass is 261 g/mol. The summed E-state index contributed by atoms with van der Waals surface area (Å²) in [7, 11) is 0. The molecule has 1 heterocycles. The molecule has 0 amide bonds. The van der Waals surface area contributed by atoms with E-state index in [0.717, 1.165) is 25.8 Å². The Hall–Kier alpha value is -0.770. The molecule has 1 saturated heterocycles. The Morgan fingerprint density at radius 2 is 2.22 bits per heavy atom. The summed E-state index contributed by atoms with van der Waals surface area (Å²) in [5.41, 5.74) is 0. The fraction of sp³-hybridized carbons (Fsp3) is 0.917. The van der Waals surface area contributed by atoms with E-state index in [2.05, 4.69) is 11.4 Å². The number of piperidine rings is 1. The van der Waals surface area contributed by atoms with Gasteiger partial charge < -0.3 is 10.4 Å². The summed E-state index contributed by atoms with van der Waals surface area (Å²) in [6.07, 6.45) is 0.110. The third-order valence-electron chi connectivity index (χ3n) is 3.24. The molecule has 0 aliphatic carbocycles. The van der Waals surface area contributed by atoms with Crippen LogP contribution < -0.4 is 5.32 Å². The van der Waals surface area contributed by atoms with Gasteiger partial charge in [-0.3, -0.25) is 4.90 Å². The summed E-state index contributed by atoms with van der Waals surface area (Å²) >= 11 is 0. The number of nitrogens with one attached hydrogen (secondary N) is 1. The standard InChI is InChI=1S/C12H21F2N3O/c13-12(14)7-16-11-6-10(2-1-5-18)8-17(9-11)4-3-15/h10-12,16,18H,1-2,4-9H2. The zero-order valence-corrected chi connectivity index (χ0v) is 10.5. The molecule has 0 aromatic heterocycles. The second-order valence-corrected chi connectivity index (χ2v) is 4.82. The number of likely N-dealkylation sites (tertiary alicyclic amines) is 1. The van der Waals surface area contributed by atoms with Crippen molar-refractivity contribution in [1.29, 1.82) is 5.26 Å². The van der Waals surface area contributed by atoms with Crippen molar-refractivity contribution in [3.8, 4) is 6.07 Å². The average molecular weight is 261 g/mol. The molecule has 2 unspecified atom stereocenters. The van der Waals surface area contributed by atoms with Crippen LogP contribution >= 0.6 is 0 Å². The molecular formula is C12H21F2N3O. The number of hydrogen-bond donors (Lipinski definition) is 2. The lowest BCUT2D eigenvalue weighted by Gasteiger charge is -2.37. The van der Waals surface area contributed by atoms with E-state index in [1.165, 1.54) is 0 Å². The summed E-state index contributed by atoms with van der Waals surface area (Å²) < 4.78 is 24.3. The van der Waals surface area contributed by atoms with Gasteiger partial charge in [-0.1, -0.05) is 0 Å². The Balaban J connectivity index is 2.43. The van der Waals surface area contributed by atoms with Crippen molar-refractivity contribution in [3.05, 3.63) is 0 Å². The number of alkyl halides is 2. The molecule has 2 atom stereocenters. The maximum atomic E-state index is 12.2. The fourth-order valence-corrected chi connectivity index (χ4v) is 2.52. The van der Waals surface area contributed by atoms with E-state index in [9.17, 15) is 8.78 Å². The summed E-state index contributed by atoms with van der Waals surface area (Å²) in [6, 6.07) is 2.12. The Bertz CT molecular complexity index is 271. The van der Waals surface area contributed by atoms with Crippen molar-refractivity contribution in [2.45, 2.75) is 31.7 Å². The first kappa shape index (κ1) is 15.3. The third-order valence-corrected chi connectivity index (χ3v) is 3.24. The SMILES string of the molecule is N#CCN1CC(CCCO)CC(NCC(F)F)C1. The van der Waals surface area contributed by atoms with Crippen LogP contribution in [0.3, 0.4) is 0 Å². The number of hydrogen-bond acceptors (Lipinski definition) is 4. The largest absolute Gasteiger partial charge is 0.396 e. The summed E-state index contributed by atoms with van der Waals surface area (Å²) in [5, 5.41) is 20.4. The van der Waals surface area contributed by atoms with E-state index in [1.54, 1.807) is 0 Å². The zero-order chi connectivity index (χ0) is 13.4. The smallest absolute Gasteiger partial charge is 0.250 e. The molecule has 0 bridgehead atoms. The van der Waals surface area contributed by atoms with Gasteiger partial charge in [0.15, 0.2) is 0 Å². The van der Waals surface area contributed by atoms with Crippen LogP contribution in [0.1, 0.15) is 19.3 Å². The van der Waals surface area contributed by atoms with E-state index in [1.807, 2.05) is 4.90 Å². The second kappa shape index (κ2) is 8.35. The summed E-state index contributed by atoms with van der Waals surface area (Å²) in [6.45, 7) is 1.67. The van der Waals surface area contributed by atoms with Crippen LogP contribution in [0.25, 0.3) is 0 Å². The maximum Gasteiger partial charge on any atom is 0.250 e. The molecule has 6 heteroatoms. The first-order valence-corrected chi connectivity index (χ1v) is 6.37. The lowest BCUT2D eigenvalue weighted by atomic mass is 9.90. The highest BCUT2D eigenvalue weighted by molar-refractivity contribution is 4.87. The Labute approximate surface area is 107 Å². The molecule has 1 fully saturated rings. The zero-order valence-electron chi connectivity index (χ0n) is 10.5. The molecular weight excluding hydrogens is 240 g/mol. The number of aliphatic hydroxyl groups excluding tert-OH is 1. The van der Waals surface area contributed by atoms with Crippen LogP contribution in [0.2, 0.25) is 0 Å². The minimum Gasteiger partial charge on any atom is -0.396 e. The summed E-state index contributed by atoms with van der Waals surface area (Å²) in [4.78, 5) is 1.99. The van der Waals surface area contributed by atoms with Gasteiger partial charge in [-0.2, -0.15) is 5.26 Å². The topological polar surface area (TPSA) is 59.3 Å². The Morgan fingerprint density at radius 1 is 1.44 bits per heavy atom. The number of nitriles is 1. The highest BCUT2D eigenvalue weighted by atomic mass is 19.3. The van der Waals surface area contributed by atoms with Crippen molar-refractivity contribution in [2.75, 3.05) is 32.8 Å². The highest BCUT2D eigenvalue weighted by Crippen LogP contribution is 2.21. The third kappa shape index (κ3) is 5.71. The fourth-order valence-electron chi connectivity index (χ4n) is 2.52. The highest BCUT2D eigenvalue weighted by Gasteiger charge is 2.26. The normalized spacial score (nSPS) is 25.3. The quantitative estimate of drug-likeness (QED) is 0.666. The van der Waals surface area contributed by atoms with Crippen LogP contribution in [0.5, 0.6) is 0 Å². The van der Waals surface area contributed by atoms with Crippen molar-refractivity contribution < 1.29 is 13.9 Å². The number of rotatable bonds is 7. The van der Waals surface area contributed by atoms with Crippen molar-refractivity contribution in [2.24, 2.45) is 5.92 Å². The molecule has 0 spiro atoms. The first-order valence-electron chi connectivity index (χ1n) is 6.37. The molecule has 4 nitrogen and oxygen atoms in total. The first-order chi connectivity index (χ1) is 8.65. The van der Waals surface area contributed by atoms with Crippen LogP contribution in [0.15, 0.2) is 0 Å². The average Bonchev–Trinajstić information content (AvgIpc) is 2.34. The minimum atomic E-state index is -2.34. The van der Waals surface area contributed by atoms with Crippen LogP contribution in [0, 0.1) is 17.2 Å². The molecule has 0 saturated carbocycles. The number of nitrogens with zero attached hydrogens (tertiary/aromatic N) is 2. The van der Waals surface area contributed by atoms with Crippen molar-refractivity contribution >= 4 is 0 Å². The van der Waals surface area contributed by atoms with Gasteiger partial charge in [-0.15, -0.1) is 0 Å². The molecule has 0 aromatic rings.